The number of halogens is 1. The first-order valence-corrected chi connectivity index (χ1v) is 12.6. The van der Waals surface area contributed by atoms with Crippen LogP contribution in [0.1, 0.15) is 42.8 Å². The molecule has 1 aromatic carbocycles. The Morgan fingerprint density at radius 1 is 1.08 bits per heavy atom. The Kier molecular flexibility index (Phi) is 6.12. The Labute approximate surface area is 213 Å². The maximum Gasteiger partial charge on any atom is 0.224 e. The molecule has 8 nitrogen and oxygen atoms in total. The van der Waals surface area contributed by atoms with E-state index in [0.29, 0.717) is 54.6 Å². The molecule has 1 N–H and O–H groups in total. The number of rotatable bonds is 7. The van der Waals surface area contributed by atoms with Crippen LogP contribution in [-0.2, 0) is 17.6 Å². The molecule has 6 rings (SSSR count). The summed E-state index contributed by atoms with van der Waals surface area (Å²) in [6.45, 7) is 2.45. The zero-order valence-electron chi connectivity index (χ0n) is 20.5. The topological polar surface area (TPSA) is 94.8 Å². The van der Waals surface area contributed by atoms with Gasteiger partial charge in [-0.15, -0.1) is 10.2 Å². The Morgan fingerprint density at radius 3 is 2.70 bits per heavy atom. The lowest BCUT2D eigenvalue weighted by Crippen LogP contribution is -2.46. The minimum atomic E-state index is -0.366. The van der Waals surface area contributed by atoms with Crippen LogP contribution in [0.3, 0.4) is 0 Å². The number of aromatic nitrogens is 5. The second-order valence-electron chi connectivity index (χ2n) is 9.57. The average Bonchev–Trinajstić information content (AvgIpc) is 3.52. The van der Waals surface area contributed by atoms with Gasteiger partial charge in [0.25, 0.3) is 0 Å². The molecule has 0 radical (unpaired) electrons. The summed E-state index contributed by atoms with van der Waals surface area (Å²) in [7, 11) is 0. The van der Waals surface area contributed by atoms with Crippen LogP contribution in [-0.4, -0.2) is 43.3 Å². The van der Waals surface area contributed by atoms with Crippen molar-refractivity contribution >= 4 is 5.91 Å². The molecule has 1 saturated carbocycles. The van der Waals surface area contributed by atoms with Gasteiger partial charge in [0.1, 0.15) is 23.1 Å². The molecule has 2 aliphatic rings. The zero-order chi connectivity index (χ0) is 25.4. The number of hydrogen-bond donors (Lipinski definition) is 1. The third kappa shape index (κ3) is 4.45. The van der Waals surface area contributed by atoms with Crippen molar-refractivity contribution in [1.29, 1.82) is 0 Å². The monoisotopic (exact) mass is 498 g/mol. The number of hydrogen-bond acceptors (Lipinski definition) is 6. The van der Waals surface area contributed by atoms with Crippen molar-refractivity contribution in [2.75, 3.05) is 6.61 Å². The number of pyridine rings is 2. The van der Waals surface area contributed by atoms with Gasteiger partial charge in [0.05, 0.1) is 18.5 Å². The smallest absolute Gasteiger partial charge is 0.224 e. The normalized spacial score (nSPS) is 20.2. The molecule has 0 spiro atoms. The van der Waals surface area contributed by atoms with Gasteiger partial charge in [-0.05, 0) is 62.1 Å². The molecule has 2 aliphatic carbocycles. The van der Waals surface area contributed by atoms with Gasteiger partial charge in [-0.25, -0.2) is 9.37 Å². The van der Waals surface area contributed by atoms with Gasteiger partial charge >= 0.3 is 0 Å². The summed E-state index contributed by atoms with van der Waals surface area (Å²) in [5.74, 6) is 1.44. The van der Waals surface area contributed by atoms with Gasteiger partial charge in [0, 0.05) is 36.2 Å². The number of benzene rings is 1. The summed E-state index contributed by atoms with van der Waals surface area (Å²) in [6.07, 6.45) is 6.24. The first-order chi connectivity index (χ1) is 18.1. The van der Waals surface area contributed by atoms with E-state index in [2.05, 4.69) is 25.5 Å². The van der Waals surface area contributed by atoms with E-state index >= 15 is 0 Å². The van der Waals surface area contributed by atoms with E-state index in [4.69, 9.17) is 4.74 Å². The standard InChI is InChI=1S/C28H27FN6O2/c1-2-37-21-9-10-23(31-16-21)27-34-33-26(35(27)25-8-4-3-7-22(25)29)18-13-20(14-18)32-28(36)19-12-17-6-5-11-30-24(17)15-19/h3-11,16,18-20H,2,12-15H2,1H3,(H,32,36). The quantitative estimate of drug-likeness (QED) is 0.413. The van der Waals surface area contributed by atoms with E-state index in [1.807, 2.05) is 25.1 Å². The Bertz CT molecular complexity index is 1410. The van der Waals surface area contributed by atoms with Crippen molar-refractivity contribution in [3.8, 4) is 23.0 Å². The van der Waals surface area contributed by atoms with Gasteiger partial charge in [0.15, 0.2) is 5.82 Å². The van der Waals surface area contributed by atoms with E-state index in [1.165, 1.54) is 6.07 Å². The van der Waals surface area contributed by atoms with Crippen molar-refractivity contribution in [2.45, 2.75) is 44.6 Å². The number of fused-ring (bicyclic) bond motifs is 1. The minimum absolute atomic E-state index is 0.0382. The molecule has 4 aromatic rings. The largest absolute Gasteiger partial charge is 0.492 e. The van der Waals surface area contributed by atoms with Gasteiger partial charge in [0.2, 0.25) is 5.91 Å². The average molecular weight is 499 g/mol. The summed E-state index contributed by atoms with van der Waals surface area (Å²) in [5.41, 5.74) is 3.12. The first-order valence-electron chi connectivity index (χ1n) is 12.6. The van der Waals surface area contributed by atoms with E-state index in [-0.39, 0.29) is 29.6 Å². The molecule has 0 saturated heterocycles. The molecule has 1 amide bonds. The SMILES string of the molecule is CCOc1ccc(-c2nnc(C3CC(NC(=O)C4Cc5cccnc5C4)C3)n2-c2ccccc2F)nc1. The van der Waals surface area contributed by atoms with Crippen LogP contribution in [0.25, 0.3) is 17.2 Å². The summed E-state index contributed by atoms with van der Waals surface area (Å²) >= 11 is 0. The lowest BCUT2D eigenvalue weighted by molar-refractivity contribution is -0.126. The summed E-state index contributed by atoms with van der Waals surface area (Å²) < 4.78 is 22.2. The molecule has 1 fully saturated rings. The number of nitrogens with one attached hydrogen (secondary N) is 1. The Morgan fingerprint density at radius 2 is 1.95 bits per heavy atom. The summed E-state index contributed by atoms with van der Waals surface area (Å²) in [5, 5.41) is 12.1. The van der Waals surface area contributed by atoms with Crippen LogP contribution in [0, 0.1) is 11.7 Å². The highest BCUT2D eigenvalue weighted by atomic mass is 19.1. The second kappa shape index (κ2) is 9.72. The van der Waals surface area contributed by atoms with Crippen molar-refractivity contribution < 1.29 is 13.9 Å². The molecule has 1 unspecified atom stereocenters. The highest BCUT2D eigenvalue weighted by Gasteiger charge is 2.38. The molecule has 3 heterocycles. The van der Waals surface area contributed by atoms with E-state index in [1.54, 1.807) is 41.2 Å². The van der Waals surface area contributed by atoms with E-state index < -0.39 is 0 Å². The molecule has 188 valence electrons. The molecule has 0 bridgehead atoms. The number of nitrogens with zero attached hydrogens (tertiary/aromatic N) is 5. The summed E-state index contributed by atoms with van der Waals surface area (Å²) in [6, 6.07) is 14.2. The molecule has 9 heteroatoms. The van der Waals surface area contributed by atoms with Crippen molar-refractivity contribution in [3.63, 3.8) is 0 Å². The van der Waals surface area contributed by atoms with Crippen molar-refractivity contribution in [2.24, 2.45) is 5.92 Å². The van der Waals surface area contributed by atoms with Gasteiger partial charge in [-0.1, -0.05) is 18.2 Å². The van der Waals surface area contributed by atoms with Crippen LogP contribution >= 0.6 is 0 Å². The highest BCUT2D eigenvalue weighted by Crippen LogP contribution is 2.39. The Hall–Kier alpha value is -4.14. The van der Waals surface area contributed by atoms with Gasteiger partial charge in [-0.3, -0.25) is 14.3 Å². The molecule has 37 heavy (non-hydrogen) atoms. The van der Waals surface area contributed by atoms with Gasteiger partial charge < -0.3 is 10.1 Å². The van der Waals surface area contributed by atoms with Crippen LogP contribution in [0.5, 0.6) is 5.75 Å². The lowest BCUT2D eigenvalue weighted by atomic mass is 9.79. The molecular formula is C28H27FN6O2. The van der Waals surface area contributed by atoms with Crippen molar-refractivity contribution in [1.82, 2.24) is 30.0 Å². The third-order valence-electron chi connectivity index (χ3n) is 7.17. The number of carbonyl (C=O) groups excluding carboxylic acids is 1. The molecule has 1 atom stereocenters. The first kappa shape index (κ1) is 23.3. The molecule has 0 aliphatic heterocycles. The maximum absolute atomic E-state index is 14.9. The van der Waals surface area contributed by atoms with Crippen molar-refractivity contribution in [3.05, 3.63) is 83.8 Å². The second-order valence-corrected chi connectivity index (χ2v) is 9.57. The number of amides is 1. The molecular weight excluding hydrogens is 471 g/mol. The third-order valence-corrected chi connectivity index (χ3v) is 7.17. The predicted octanol–water partition coefficient (Wildman–Crippen LogP) is 4.04. The molecule has 3 aromatic heterocycles. The maximum atomic E-state index is 14.9. The number of carbonyl (C=O) groups is 1. The fraction of sp³-hybridized carbons (Fsp3) is 0.321. The van der Waals surface area contributed by atoms with Crippen LogP contribution < -0.4 is 10.1 Å². The van der Waals surface area contributed by atoms with Crippen LogP contribution in [0.4, 0.5) is 4.39 Å². The fourth-order valence-electron chi connectivity index (χ4n) is 5.22. The minimum Gasteiger partial charge on any atom is -0.492 e. The number of ether oxygens (including phenoxy) is 1. The van der Waals surface area contributed by atoms with E-state index in [9.17, 15) is 9.18 Å². The van der Waals surface area contributed by atoms with E-state index in [0.717, 1.165) is 17.7 Å². The summed E-state index contributed by atoms with van der Waals surface area (Å²) in [4.78, 5) is 21.8. The number of para-hydroxylation sites is 1. The lowest BCUT2D eigenvalue weighted by Gasteiger charge is -2.36. The van der Waals surface area contributed by atoms with Crippen LogP contribution in [0.15, 0.2) is 60.9 Å². The Balaban J connectivity index is 1.20. The highest BCUT2D eigenvalue weighted by molar-refractivity contribution is 5.80. The van der Waals surface area contributed by atoms with Gasteiger partial charge in [-0.2, -0.15) is 0 Å². The zero-order valence-corrected chi connectivity index (χ0v) is 20.5. The van der Waals surface area contributed by atoms with Crippen LogP contribution in [0.2, 0.25) is 0 Å². The predicted molar refractivity (Wildman–Crippen MR) is 135 cm³/mol. The fourth-order valence-corrected chi connectivity index (χ4v) is 5.22.